The maximum atomic E-state index is 13.7. The van der Waals surface area contributed by atoms with Crippen molar-refractivity contribution in [2.75, 3.05) is 19.1 Å². The smallest absolute Gasteiger partial charge is 0.269 e. The van der Waals surface area contributed by atoms with E-state index in [4.69, 9.17) is 9.73 Å². The molecule has 1 saturated heterocycles. The van der Waals surface area contributed by atoms with Gasteiger partial charge in [0, 0.05) is 18.0 Å². The third kappa shape index (κ3) is 4.26. The lowest BCUT2D eigenvalue weighted by Crippen LogP contribution is -2.29. The summed E-state index contributed by atoms with van der Waals surface area (Å²) in [4.78, 5) is 24.2. The topological polar surface area (TPSA) is 45.1 Å². The van der Waals surface area contributed by atoms with Crippen LogP contribution in [-0.2, 0) is 11.3 Å². The number of aliphatic imine (C=N–C) groups is 1. The zero-order valence-corrected chi connectivity index (χ0v) is 20.2. The van der Waals surface area contributed by atoms with E-state index in [1.54, 1.807) is 23.8 Å². The Kier molecular flexibility index (Phi) is 5.91. The van der Waals surface area contributed by atoms with E-state index in [9.17, 15) is 4.79 Å². The Hall–Kier alpha value is -3.16. The predicted octanol–water partition coefficient (Wildman–Crippen LogP) is 6.18. The molecule has 0 aromatic heterocycles. The Bertz CT molecular complexity index is 1290. The van der Waals surface area contributed by atoms with Gasteiger partial charge in [0.15, 0.2) is 5.17 Å². The van der Waals surface area contributed by atoms with Gasteiger partial charge in [-0.05, 0) is 54.1 Å². The van der Waals surface area contributed by atoms with Crippen molar-refractivity contribution in [1.29, 1.82) is 0 Å². The summed E-state index contributed by atoms with van der Waals surface area (Å²) < 4.78 is 5.39. The number of amides is 1. The van der Waals surface area contributed by atoms with Gasteiger partial charge in [0.05, 0.1) is 30.1 Å². The SMILES string of the molecule is COc1ccc2c(c1)N(C)C(=C1SC(=Nc3cccc(C)c3)N(Cc3ccccc3)C1=O)S2. The molecule has 0 spiro atoms. The summed E-state index contributed by atoms with van der Waals surface area (Å²) >= 11 is 3.05. The maximum absolute atomic E-state index is 13.7. The van der Waals surface area contributed by atoms with E-state index in [2.05, 4.69) is 4.90 Å². The average molecular weight is 474 g/mol. The highest BCUT2D eigenvalue weighted by atomic mass is 32.2. The summed E-state index contributed by atoms with van der Waals surface area (Å²) in [7, 11) is 3.65. The lowest BCUT2D eigenvalue weighted by molar-refractivity contribution is -0.122. The van der Waals surface area contributed by atoms with Crippen LogP contribution >= 0.6 is 23.5 Å². The average Bonchev–Trinajstić information content (AvgIpc) is 3.31. The van der Waals surface area contributed by atoms with Gasteiger partial charge in [0.2, 0.25) is 0 Å². The van der Waals surface area contributed by atoms with Gasteiger partial charge in [-0.2, -0.15) is 0 Å². The fourth-order valence-corrected chi connectivity index (χ4v) is 6.11. The highest BCUT2D eigenvalue weighted by Crippen LogP contribution is 2.51. The number of nitrogens with zero attached hydrogens (tertiary/aromatic N) is 3. The molecule has 0 aliphatic carbocycles. The molecular weight excluding hydrogens is 450 g/mol. The molecule has 2 aliphatic rings. The van der Waals surface area contributed by atoms with E-state index in [-0.39, 0.29) is 5.91 Å². The number of thioether (sulfide) groups is 2. The summed E-state index contributed by atoms with van der Waals surface area (Å²) in [6.07, 6.45) is 0. The van der Waals surface area contributed by atoms with Crippen molar-refractivity contribution in [1.82, 2.24) is 4.90 Å². The van der Waals surface area contributed by atoms with Crippen LogP contribution in [0.4, 0.5) is 11.4 Å². The number of rotatable bonds is 4. The number of methoxy groups -OCH3 is 1. The normalized spacial score (nSPS) is 18.9. The summed E-state index contributed by atoms with van der Waals surface area (Å²) in [6.45, 7) is 2.52. The Balaban J connectivity index is 1.55. The molecule has 5 nitrogen and oxygen atoms in total. The van der Waals surface area contributed by atoms with Gasteiger partial charge in [-0.25, -0.2) is 4.99 Å². The highest BCUT2D eigenvalue weighted by Gasteiger charge is 2.39. The third-order valence-electron chi connectivity index (χ3n) is 5.51. The molecule has 0 saturated carbocycles. The molecule has 7 heteroatoms. The first-order valence-corrected chi connectivity index (χ1v) is 12.2. The van der Waals surface area contributed by atoms with E-state index in [1.807, 2.05) is 86.8 Å². The Labute approximate surface area is 202 Å². The van der Waals surface area contributed by atoms with Crippen molar-refractivity contribution in [3.63, 3.8) is 0 Å². The van der Waals surface area contributed by atoms with Crippen LogP contribution < -0.4 is 9.64 Å². The van der Waals surface area contributed by atoms with Crippen LogP contribution in [0.3, 0.4) is 0 Å². The van der Waals surface area contributed by atoms with Gasteiger partial charge in [0.1, 0.15) is 10.7 Å². The van der Waals surface area contributed by atoms with Crippen LogP contribution in [0.25, 0.3) is 0 Å². The van der Waals surface area contributed by atoms with Gasteiger partial charge >= 0.3 is 0 Å². The molecule has 1 fully saturated rings. The molecule has 3 aromatic rings. The summed E-state index contributed by atoms with van der Waals surface area (Å²) in [5, 5.41) is 1.61. The Morgan fingerprint density at radius 1 is 0.970 bits per heavy atom. The molecule has 3 aromatic carbocycles. The maximum Gasteiger partial charge on any atom is 0.269 e. The third-order valence-corrected chi connectivity index (χ3v) is 7.94. The standard InChI is InChI=1S/C26H23N3O2S2/c1-17-8-7-11-19(14-17)27-26-29(16-18-9-5-4-6-10-18)24(30)23(33-26)25-28(2)21-15-20(31-3)12-13-22(21)32-25/h4-15H,16H2,1-3H3. The number of carbonyl (C=O) groups excluding carboxylic acids is 1. The van der Waals surface area contributed by atoms with Crippen LogP contribution in [0.2, 0.25) is 0 Å². The minimum Gasteiger partial charge on any atom is -0.497 e. The van der Waals surface area contributed by atoms with E-state index in [1.165, 1.54) is 11.8 Å². The minimum atomic E-state index is -0.0237. The van der Waals surface area contributed by atoms with Crippen molar-refractivity contribution >= 4 is 46.0 Å². The first-order valence-electron chi connectivity index (χ1n) is 10.6. The molecule has 0 radical (unpaired) electrons. The molecule has 2 heterocycles. The number of hydrogen-bond acceptors (Lipinski definition) is 6. The number of benzene rings is 3. The number of aryl methyl sites for hydroxylation is 1. The zero-order valence-electron chi connectivity index (χ0n) is 18.6. The number of ether oxygens (including phenoxy) is 1. The van der Waals surface area contributed by atoms with Crippen LogP contribution in [-0.4, -0.2) is 30.1 Å². The number of amidine groups is 1. The molecule has 0 N–H and O–H groups in total. The van der Waals surface area contributed by atoms with E-state index < -0.39 is 0 Å². The van der Waals surface area contributed by atoms with Crippen molar-refractivity contribution in [3.8, 4) is 5.75 Å². The molecule has 2 aliphatic heterocycles. The van der Waals surface area contributed by atoms with Gasteiger partial charge in [-0.1, -0.05) is 54.2 Å². The van der Waals surface area contributed by atoms with Gasteiger partial charge < -0.3 is 9.64 Å². The van der Waals surface area contributed by atoms with E-state index in [0.717, 1.165) is 38.2 Å². The van der Waals surface area contributed by atoms with Crippen LogP contribution in [0.5, 0.6) is 5.75 Å². The van der Waals surface area contributed by atoms with Gasteiger partial charge in [-0.3, -0.25) is 9.69 Å². The number of anilines is 1. The zero-order chi connectivity index (χ0) is 22.9. The molecule has 5 rings (SSSR count). The molecule has 0 bridgehead atoms. The first-order chi connectivity index (χ1) is 16.0. The van der Waals surface area contributed by atoms with Crippen molar-refractivity contribution in [3.05, 3.63) is 93.9 Å². The fourth-order valence-electron chi connectivity index (χ4n) is 3.78. The molecule has 0 unspecified atom stereocenters. The first kappa shape index (κ1) is 21.7. The number of hydrogen-bond donors (Lipinski definition) is 0. The fraction of sp³-hybridized carbons (Fsp3) is 0.154. The minimum absolute atomic E-state index is 0.0237. The number of carbonyl (C=O) groups is 1. The van der Waals surface area contributed by atoms with Crippen LogP contribution in [0.15, 0.2) is 92.6 Å². The monoisotopic (exact) mass is 473 g/mol. The van der Waals surface area contributed by atoms with Crippen LogP contribution in [0, 0.1) is 6.92 Å². The van der Waals surface area contributed by atoms with Crippen molar-refractivity contribution in [2.24, 2.45) is 4.99 Å². The summed E-state index contributed by atoms with van der Waals surface area (Å²) in [5.41, 5.74) is 4.08. The molecular formula is C26H23N3O2S2. The van der Waals surface area contributed by atoms with E-state index in [0.29, 0.717) is 16.6 Å². The Morgan fingerprint density at radius 3 is 2.55 bits per heavy atom. The van der Waals surface area contributed by atoms with E-state index >= 15 is 0 Å². The van der Waals surface area contributed by atoms with Gasteiger partial charge in [-0.15, -0.1) is 0 Å². The van der Waals surface area contributed by atoms with Crippen molar-refractivity contribution < 1.29 is 9.53 Å². The molecule has 33 heavy (non-hydrogen) atoms. The van der Waals surface area contributed by atoms with Crippen molar-refractivity contribution in [2.45, 2.75) is 18.4 Å². The summed E-state index contributed by atoms with van der Waals surface area (Å²) in [6, 6.07) is 24.0. The van der Waals surface area contributed by atoms with Gasteiger partial charge in [0.25, 0.3) is 5.91 Å². The number of fused-ring (bicyclic) bond motifs is 1. The van der Waals surface area contributed by atoms with Crippen LogP contribution in [0.1, 0.15) is 11.1 Å². The predicted molar refractivity (Wildman–Crippen MR) is 137 cm³/mol. The second-order valence-corrected chi connectivity index (χ2v) is 9.85. The molecule has 1 amide bonds. The largest absolute Gasteiger partial charge is 0.497 e. The second kappa shape index (κ2) is 9.00. The lowest BCUT2D eigenvalue weighted by atomic mass is 10.2. The Morgan fingerprint density at radius 2 is 1.79 bits per heavy atom. The lowest BCUT2D eigenvalue weighted by Gasteiger charge is -2.17. The summed E-state index contributed by atoms with van der Waals surface area (Å²) in [5.74, 6) is 0.773. The highest BCUT2D eigenvalue weighted by molar-refractivity contribution is 8.19. The second-order valence-electron chi connectivity index (χ2n) is 7.84. The molecule has 0 atom stereocenters. The molecule has 166 valence electrons. The quantitative estimate of drug-likeness (QED) is 0.424.